The molecule has 0 amide bonds. The number of halogens is 1. The first-order valence-corrected chi connectivity index (χ1v) is 10.4. The van der Waals surface area contributed by atoms with Crippen LogP contribution in [0, 0.1) is 20.8 Å². The maximum absolute atomic E-state index is 13.3. The highest BCUT2D eigenvalue weighted by Crippen LogP contribution is 2.28. The lowest BCUT2D eigenvalue weighted by atomic mass is 9.94. The average molecular weight is 426 g/mol. The van der Waals surface area contributed by atoms with E-state index in [1.807, 2.05) is 45.1 Å². The molecule has 0 spiro atoms. The highest BCUT2D eigenvalue weighted by Gasteiger charge is 2.28. The van der Waals surface area contributed by atoms with Gasteiger partial charge in [-0.25, -0.2) is 4.98 Å². The molecule has 158 valence electrons. The van der Waals surface area contributed by atoms with Crippen molar-refractivity contribution < 1.29 is 9.53 Å². The van der Waals surface area contributed by atoms with Crippen LogP contribution in [0.1, 0.15) is 42.2 Å². The minimum Gasteiger partial charge on any atom is -0.497 e. The second-order valence-corrected chi connectivity index (χ2v) is 8.33. The van der Waals surface area contributed by atoms with E-state index in [1.54, 1.807) is 13.2 Å². The molecule has 3 rings (SSSR count). The van der Waals surface area contributed by atoms with Gasteiger partial charge in [-0.2, -0.15) is 0 Å². The quantitative estimate of drug-likeness (QED) is 0.657. The Morgan fingerprint density at radius 1 is 1.03 bits per heavy atom. The number of ether oxygens (including phenoxy) is 1. The summed E-state index contributed by atoms with van der Waals surface area (Å²) in [4.78, 5) is 24.8. The summed E-state index contributed by atoms with van der Waals surface area (Å²) in [5.74, 6) is 0.712. The van der Waals surface area contributed by atoms with Crippen LogP contribution in [0.2, 0.25) is 5.02 Å². The fourth-order valence-corrected chi connectivity index (χ4v) is 3.63. The minimum absolute atomic E-state index is 0.0261. The number of likely N-dealkylation sites (tertiary alicyclic amines) is 1. The van der Waals surface area contributed by atoms with E-state index in [-0.39, 0.29) is 5.78 Å². The lowest BCUT2D eigenvalue weighted by Gasteiger charge is -2.32. The average Bonchev–Trinajstić information content (AvgIpc) is 2.69. The van der Waals surface area contributed by atoms with Crippen LogP contribution in [0.25, 0.3) is 12.2 Å². The number of ketones is 1. The van der Waals surface area contributed by atoms with Gasteiger partial charge in [-0.3, -0.25) is 14.7 Å². The van der Waals surface area contributed by atoms with Crippen molar-refractivity contribution in [3.05, 3.63) is 62.7 Å². The number of nitrogens with zero attached hydrogens (tertiary/aromatic N) is 3. The summed E-state index contributed by atoms with van der Waals surface area (Å²) in [6.07, 6.45) is 3.76. The van der Waals surface area contributed by atoms with Crippen molar-refractivity contribution in [2.75, 3.05) is 20.2 Å². The molecular formula is C24H28ClN3O2. The van der Waals surface area contributed by atoms with Gasteiger partial charge in [-0.15, -0.1) is 0 Å². The van der Waals surface area contributed by atoms with Gasteiger partial charge in [0.15, 0.2) is 5.78 Å². The summed E-state index contributed by atoms with van der Waals surface area (Å²) < 4.78 is 5.22. The highest BCUT2D eigenvalue weighted by molar-refractivity contribution is 6.32. The standard InChI is InChI=1S/C24H28ClN3O2/c1-14(2)28-12-19(9-18-7-8-21(30-6)11-22(18)25)24(29)20(13-28)10-23-17(5)26-15(3)16(4)27-23/h7-11,14H,12-13H2,1-6H3/b19-9+,20-10+. The van der Waals surface area contributed by atoms with Gasteiger partial charge in [-0.1, -0.05) is 11.6 Å². The summed E-state index contributed by atoms with van der Waals surface area (Å²) in [6.45, 7) is 11.2. The Bertz CT molecular complexity index is 1040. The number of aryl methyl sites for hydroxylation is 3. The lowest BCUT2D eigenvalue weighted by Crippen LogP contribution is -2.41. The Morgan fingerprint density at radius 2 is 1.67 bits per heavy atom. The van der Waals surface area contributed by atoms with Crippen LogP contribution in [0.4, 0.5) is 0 Å². The maximum atomic E-state index is 13.3. The summed E-state index contributed by atoms with van der Waals surface area (Å²) in [5.41, 5.74) is 5.57. The van der Waals surface area contributed by atoms with E-state index < -0.39 is 0 Å². The van der Waals surface area contributed by atoms with Crippen molar-refractivity contribution in [1.82, 2.24) is 14.9 Å². The molecule has 0 unspecified atom stereocenters. The van der Waals surface area contributed by atoms with Gasteiger partial charge in [-0.05, 0) is 70.5 Å². The molecule has 1 saturated heterocycles. The molecule has 2 heterocycles. The Hall–Kier alpha value is -2.50. The lowest BCUT2D eigenvalue weighted by molar-refractivity contribution is -0.113. The van der Waals surface area contributed by atoms with Crippen molar-refractivity contribution in [1.29, 1.82) is 0 Å². The smallest absolute Gasteiger partial charge is 0.187 e. The van der Waals surface area contributed by atoms with Crippen LogP contribution in [-0.4, -0.2) is 46.9 Å². The van der Waals surface area contributed by atoms with Gasteiger partial charge in [0.1, 0.15) is 5.75 Å². The summed E-state index contributed by atoms with van der Waals surface area (Å²) in [7, 11) is 1.60. The zero-order chi connectivity index (χ0) is 22.0. The number of benzene rings is 1. The zero-order valence-corrected chi connectivity index (χ0v) is 19.2. The van der Waals surface area contributed by atoms with Gasteiger partial charge in [0.05, 0.1) is 34.9 Å². The van der Waals surface area contributed by atoms with E-state index in [0.717, 1.165) is 28.3 Å². The predicted octanol–water partition coefficient (Wildman–Crippen LogP) is 4.82. The first kappa shape index (κ1) is 22.2. The number of rotatable bonds is 4. The van der Waals surface area contributed by atoms with E-state index in [4.69, 9.17) is 16.3 Å². The van der Waals surface area contributed by atoms with Gasteiger partial charge in [0, 0.05) is 30.3 Å². The van der Waals surface area contributed by atoms with Crippen LogP contribution < -0.4 is 4.74 Å². The van der Waals surface area contributed by atoms with E-state index in [1.165, 1.54) is 0 Å². The second-order valence-electron chi connectivity index (χ2n) is 7.92. The van der Waals surface area contributed by atoms with Gasteiger partial charge >= 0.3 is 0 Å². The molecule has 0 bridgehead atoms. The summed E-state index contributed by atoms with van der Waals surface area (Å²) in [6, 6.07) is 5.77. The summed E-state index contributed by atoms with van der Waals surface area (Å²) >= 11 is 6.41. The fraction of sp³-hybridized carbons (Fsp3) is 0.375. The predicted molar refractivity (Wildman–Crippen MR) is 122 cm³/mol. The molecular weight excluding hydrogens is 398 g/mol. The molecule has 5 nitrogen and oxygen atoms in total. The van der Waals surface area contributed by atoms with E-state index in [2.05, 4.69) is 28.7 Å². The first-order valence-electron chi connectivity index (χ1n) is 10.0. The molecule has 1 aromatic heterocycles. The first-order chi connectivity index (χ1) is 14.2. The van der Waals surface area contributed by atoms with Crippen molar-refractivity contribution in [2.24, 2.45) is 0 Å². The largest absolute Gasteiger partial charge is 0.497 e. The van der Waals surface area contributed by atoms with E-state index in [0.29, 0.717) is 41.0 Å². The third kappa shape index (κ3) is 4.79. The van der Waals surface area contributed by atoms with E-state index in [9.17, 15) is 4.79 Å². The molecule has 6 heteroatoms. The minimum atomic E-state index is 0.0261. The number of carbonyl (C=O) groups is 1. The number of carbonyl (C=O) groups excluding carboxylic acids is 1. The Labute approximate surface area is 183 Å². The van der Waals surface area contributed by atoms with Gasteiger partial charge in [0.25, 0.3) is 0 Å². The van der Waals surface area contributed by atoms with E-state index >= 15 is 0 Å². The molecule has 0 N–H and O–H groups in total. The number of Topliss-reactive ketones (excluding diaryl/α,β-unsaturated/α-hetero) is 1. The molecule has 0 saturated carbocycles. The fourth-order valence-electron chi connectivity index (χ4n) is 3.40. The number of hydrogen-bond donors (Lipinski definition) is 0. The Balaban J connectivity index is 2.04. The molecule has 0 radical (unpaired) electrons. The van der Waals surface area contributed by atoms with Crippen molar-refractivity contribution in [2.45, 2.75) is 40.7 Å². The Kier molecular flexibility index (Phi) is 6.74. The molecule has 1 fully saturated rings. The maximum Gasteiger partial charge on any atom is 0.187 e. The van der Waals surface area contributed by atoms with Crippen molar-refractivity contribution >= 4 is 29.5 Å². The Morgan fingerprint density at radius 3 is 2.27 bits per heavy atom. The second kappa shape index (κ2) is 9.11. The van der Waals surface area contributed by atoms with Crippen LogP contribution in [0.5, 0.6) is 5.75 Å². The number of aromatic nitrogens is 2. The van der Waals surface area contributed by atoms with Crippen LogP contribution in [0.15, 0.2) is 29.3 Å². The van der Waals surface area contributed by atoms with Gasteiger partial charge < -0.3 is 4.74 Å². The van der Waals surface area contributed by atoms with Crippen LogP contribution in [-0.2, 0) is 4.79 Å². The van der Waals surface area contributed by atoms with Crippen molar-refractivity contribution in [3.8, 4) is 5.75 Å². The highest BCUT2D eigenvalue weighted by atomic mass is 35.5. The molecule has 2 aromatic rings. The molecule has 1 aliphatic heterocycles. The number of methoxy groups -OCH3 is 1. The van der Waals surface area contributed by atoms with Crippen molar-refractivity contribution in [3.63, 3.8) is 0 Å². The monoisotopic (exact) mass is 425 g/mol. The molecule has 30 heavy (non-hydrogen) atoms. The SMILES string of the molecule is COc1ccc(/C=C2\CN(C(C)C)C/C(=C\c3nc(C)c(C)nc3C)C2=O)c(Cl)c1. The topological polar surface area (TPSA) is 55.3 Å². The zero-order valence-electron chi connectivity index (χ0n) is 18.4. The summed E-state index contributed by atoms with van der Waals surface area (Å²) in [5, 5.41) is 0.553. The van der Waals surface area contributed by atoms with Gasteiger partial charge in [0.2, 0.25) is 0 Å². The number of piperidine rings is 1. The molecule has 1 aliphatic rings. The molecule has 0 atom stereocenters. The van der Waals surface area contributed by atoms with Crippen LogP contribution >= 0.6 is 11.6 Å². The molecule has 0 aliphatic carbocycles. The number of hydrogen-bond acceptors (Lipinski definition) is 5. The molecule has 1 aromatic carbocycles. The normalized spacial score (nSPS) is 17.9. The third-order valence-electron chi connectivity index (χ3n) is 5.43. The third-order valence-corrected chi connectivity index (χ3v) is 5.75. The van der Waals surface area contributed by atoms with Crippen LogP contribution in [0.3, 0.4) is 0 Å².